The van der Waals surface area contributed by atoms with Gasteiger partial charge in [0.25, 0.3) is 10.0 Å². The lowest BCUT2D eigenvalue weighted by Gasteiger charge is -2.13. The van der Waals surface area contributed by atoms with Crippen molar-refractivity contribution in [3.05, 3.63) is 87.7 Å². The molecule has 3 aromatic carbocycles. The first kappa shape index (κ1) is 21.4. The van der Waals surface area contributed by atoms with Crippen molar-refractivity contribution in [1.29, 1.82) is 0 Å². The smallest absolute Gasteiger partial charge is 0.262 e. The summed E-state index contributed by atoms with van der Waals surface area (Å²) in [5.41, 5.74) is 4.34. The van der Waals surface area contributed by atoms with Crippen molar-refractivity contribution < 1.29 is 8.42 Å². The van der Waals surface area contributed by atoms with Gasteiger partial charge in [-0.3, -0.25) is 9.40 Å². The summed E-state index contributed by atoms with van der Waals surface area (Å²) in [6.07, 6.45) is 0. The highest BCUT2D eigenvalue weighted by atomic mass is 35.5. The minimum absolute atomic E-state index is 0.218. The first-order valence-electron chi connectivity index (χ1n) is 9.97. The van der Waals surface area contributed by atoms with Gasteiger partial charge in [0.1, 0.15) is 0 Å². The zero-order valence-electron chi connectivity index (χ0n) is 17.9. The number of rotatable bonds is 5. The third kappa shape index (κ3) is 4.05. The van der Waals surface area contributed by atoms with Crippen molar-refractivity contribution in [3.8, 4) is 0 Å². The van der Waals surface area contributed by atoms with Crippen LogP contribution in [0.3, 0.4) is 0 Å². The van der Waals surface area contributed by atoms with E-state index in [1.54, 1.807) is 26.0 Å². The predicted molar refractivity (Wildman–Crippen MR) is 126 cm³/mol. The van der Waals surface area contributed by atoms with E-state index >= 15 is 0 Å². The molecule has 0 unspecified atom stereocenters. The van der Waals surface area contributed by atoms with E-state index < -0.39 is 10.0 Å². The highest BCUT2D eigenvalue weighted by Crippen LogP contribution is 2.29. The Bertz CT molecular complexity index is 1400. The Kier molecular flexibility index (Phi) is 5.54. The molecule has 1 N–H and O–H groups in total. The zero-order chi connectivity index (χ0) is 22.3. The molecule has 4 rings (SSSR count). The van der Waals surface area contributed by atoms with E-state index in [1.807, 2.05) is 36.7 Å². The largest absolute Gasteiger partial charge is 0.276 e. The van der Waals surface area contributed by atoms with E-state index in [9.17, 15) is 8.42 Å². The summed E-state index contributed by atoms with van der Waals surface area (Å²) < 4.78 is 30.9. The summed E-state index contributed by atoms with van der Waals surface area (Å²) in [6, 6.07) is 17.7. The molecular weight excluding hydrogens is 430 g/mol. The van der Waals surface area contributed by atoms with E-state index in [0.717, 1.165) is 22.0 Å². The van der Waals surface area contributed by atoms with Gasteiger partial charge in [0, 0.05) is 5.02 Å². The second-order valence-corrected chi connectivity index (χ2v) is 9.87. The first-order valence-corrected chi connectivity index (χ1v) is 11.8. The van der Waals surface area contributed by atoms with Crippen LogP contribution in [0.15, 0.2) is 59.5 Å². The fraction of sp³-hybridized carbons (Fsp3) is 0.208. The molecule has 1 heterocycles. The number of aryl methyl sites for hydroxylation is 3. The van der Waals surface area contributed by atoms with Crippen LogP contribution >= 0.6 is 11.6 Å². The van der Waals surface area contributed by atoms with Crippen LogP contribution in [0, 0.1) is 27.7 Å². The summed E-state index contributed by atoms with van der Waals surface area (Å²) in [6.45, 7) is 7.77. The van der Waals surface area contributed by atoms with Crippen LogP contribution in [-0.2, 0) is 16.6 Å². The molecule has 5 nitrogen and oxygen atoms in total. The number of hydrogen-bond acceptors (Lipinski definition) is 3. The molecule has 31 heavy (non-hydrogen) atoms. The molecule has 0 aliphatic rings. The van der Waals surface area contributed by atoms with Crippen LogP contribution in [0.4, 0.5) is 5.69 Å². The van der Waals surface area contributed by atoms with Crippen molar-refractivity contribution in [2.24, 2.45) is 0 Å². The van der Waals surface area contributed by atoms with Gasteiger partial charge >= 0.3 is 0 Å². The molecule has 160 valence electrons. The van der Waals surface area contributed by atoms with Gasteiger partial charge < -0.3 is 0 Å². The maximum atomic E-state index is 13.1. The van der Waals surface area contributed by atoms with Gasteiger partial charge in [-0.2, -0.15) is 5.10 Å². The zero-order valence-corrected chi connectivity index (χ0v) is 19.5. The lowest BCUT2D eigenvalue weighted by Crippen LogP contribution is -2.16. The van der Waals surface area contributed by atoms with Crippen molar-refractivity contribution in [3.63, 3.8) is 0 Å². The Hall–Kier alpha value is -2.83. The Morgan fingerprint density at radius 1 is 0.968 bits per heavy atom. The normalized spacial score (nSPS) is 11.8. The summed E-state index contributed by atoms with van der Waals surface area (Å²) in [7, 11) is -3.78. The van der Waals surface area contributed by atoms with Crippen LogP contribution < -0.4 is 4.72 Å². The lowest BCUT2D eigenvalue weighted by atomic mass is 10.0. The van der Waals surface area contributed by atoms with Crippen LogP contribution in [-0.4, -0.2) is 18.2 Å². The molecule has 4 aromatic rings. The molecule has 0 fully saturated rings. The van der Waals surface area contributed by atoms with Crippen LogP contribution in [0.1, 0.15) is 28.1 Å². The number of nitrogens with one attached hydrogen (secondary N) is 1. The Morgan fingerprint density at radius 2 is 1.68 bits per heavy atom. The van der Waals surface area contributed by atoms with Crippen LogP contribution in [0.2, 0.25) is 5.02 Å². The van der Waals surface area contributed by atoms with Gasteiger partial charge in [0.15, 0.2) is 0 Å². The molecule has 0 bridgehead atoms. The number of aromatic nitrogens is 2. The average molecular weight is 454 g/mol. The third-order valence-electron chi connectivity index (χ3n) is 5.56. The number of sulfonamides is 1. The highest BCUT2D eigenvalue weighted by Gasteiger charge is 2.22. The van der Waals surface area contributed by atoms with Gasteiger partial charge in [-0.25, -0.2) is 8.42 Å². The number of halogens is 1. The van der Waals surface area contributed by atoms with E-state index in [4.69, 9.17) is 11.6 Å². The average Bonchev–Trinajstić information content (AvgIpc) is 2.98. The first-order chi connectivity index (χ1) is 14.7. The highest BCUT2D eigenvalue weighted by molar-refractivity contribution is 7.92. The molecule has 0 saturated carbocycles. The predicted octanol–water partition coefficient (Wildman–Crippen LogP) is 5.77. The fourth-order valence-corrected chi connectivity index (χ4v) is 5.53. The summed E-state index contributed by atoms with van der Waals surface area (Å²) >= 11 is 6.14. The Labute approximate surface area is 187 Å². The quantitative estimate of drug-likeness (QED) is 0.417. The molecule has 0 amide bonds. The number of fused-ring (bicyclic) bond motifs is 1. The van der Waals surface area contributed by atoms with Crippen molar-refractivity contribution in [2.45, 2.75) is 39.1 Å². The standard InChI is InChI=1S/C24H24ClN3O2S/c1-15-13-23(16(2)12-22(15)25)31(29,30)27-24-17(3)26-28(18(24)4)14-20-10-7-9-19-8-5-6-11-21(19)20/h5-13,27H,14H2,1-4H3. The SMILES string of the molecule is Cc1cc(S(=O)(=O)Nc2c(C)nn(Cc3cccc4ccccc34)c2C)c(C)cc1Cl. The minimum Gasteiger partial charge on any atom is -0.276 e. The molecule has 0 aliphatic heterocycles. The molecule has 1 aromatic heterocycles. The van der Waals surface area contributed by atoms with Gasteiger partial charge in [0.05, 0.1) is 28.5 Å². The third-order valence-corrected chi connectivity index (χ3v) is 7.46. The number of nitrogens with zero attached hydrogens (tertiary/aromatic N) is 2. The molecule has 0 spiro atoms. The molecule has 7 heteroatoms. The molecule has 0 saturated heterocycles. The fourth-order valence-electron chi connectivity index (χ4n) is 3.82. The lowest BCUT2D eigenvalue weighted by molar-refractivity contribution is 0.600. The Morgan fingerprint density at radius 3 is 2.45 bits per heavy atom. The number of benzene rings is 3. The van der Waals surface area contributed by atoms with E-state index in [1.165, 1.54) is 0 Å². The number of hydrogen-bond donors (Lipinski definition) is 1. The van der Waals surface area contributed by atoms with Crippen LogP contribution in [0.25, 0.3) is 10.8 Å². The van der Waals surface area contributed by atoms with Gasteiger partial charge in [0.2, 0.25) is 0 Å². The molecule has 0 atom stereocenters. The topological polar surface area (TPSA) is 64.0 Å². The van der Waals surface area contributed by atoms with Crippen LogP contribution in [0.5, 0.6) is 0 Å². The van der Waals surface area contributed by atoms with E-state index in [0.29, 0.717) is 34.1 Å². The molecule has 0 radical (unpaired) electrons. The van der Waals surface area contributed by atoms with Crippen molar-refractivity contribution in [2.75, 3.05) is 4.72 Å². The number of anilines is 1. The molecular formula is C24H24ClN3O2S. The summed E-state index contributed by atoms with van der Waals surface area (Å²) in [5, 5.41) is 7.48. The maximum Gasteiger partial charge on any atom is 0.262 e. The second kappa shape index (κ2) is 8.02. The van der Waals surface area contributed by atoms with Crippen molar-refractivity contribution >= 4 is 38.1 Å². The van der Waals surface area contributed by atoms with E-state index in [-0.39, 0.29) is 4.90 Å². The minimum atomic E-state index is -3.78. The molecule has 0 aliphatic carbocycles. The summed E-state index contributed by atoms with van der Waals surface area (Å²) in [5.74, 6) is 0. The van der Waals surface area contributed by atoms with Gasteiger partial charge in [-0.05, 0) is 67.3 Å². The maximum absolute atomic E-state index is 13.1. The van der Waals surface area contributed by atoms with Crippen molar-refractivity contribution in [1.82, 2.24) is 9.78 Å². The second-order valence-electron chi connectivity index (χ2n) is 7.81. The summed E-state index contributed by atoms with van der Waals surface area (Å²) in [4.78, 5) is 0.218. The van der Waals surface area contributed by atoms with Gasteiger partial charge in [-0.1, -0.05) is 54.1 Å². The van der Waals surface area contributed by atoms with Gasteiger partial charge in [-0.15, -0.1) is 0 Å². The van der Waals surface area contributed by atoms with E-state index in [2.05, 4.69) is 34.1 Å². The monoisotopic (exact) mass is 453 g/mol. The Balaban J connectivity index is 1.70.